The van der Waals surface area contributed by atoms with Gasteiger partial charge in [0.05, 0.1) is 23.5 Å². The lowest BCUT2D eigenvalue weighted by molar-refractivity contribution is -0.0585. The molecule has 1 N–H and O–H groups in total. The van der Waals surface area contributed by atoms with Crippen LogP contribution in [0.2, 0.25) is 0 Å². The minimum atomic E-state index is -2.86. The van der Waals surface area contributed by atoms with Crippen LogP contribution in [0.15, 0.2) is 48.5 Å². The third-order valence-electron chi connectivity index (χ3n) is 4.22. The number of rotatable bonds is 5. The van der Waals surface area contributed by atoms with Gasteiger partial charge < -0.3 is 19.7 Å². The normalized spacial score (nSPS) is 19.8. The number of nitrogens with one attached hydrogen (secondary N) is 1. The number of nitrogens with zero attached hydrogens (tertiary/aromatic N) is 1. The molecule has 1 fully saturated rings. The Bertz CT molecular complexity index is 773. The molecule has 0 unspecified atom stereocenters. The predicted octanol–water partition coefficient (Wildman–Crippen LogP) is 4.28. The van der Waals surface area contributed by atoms with E-state index in [1.807, 2.05) is 32.0 Å². The number of morpholine rings is 1. The van der Waals surface area contributed by atoms with E-state index in [0.29, 0.717) is 30.0 Å². The molecule has 3 rings (SSSR count). The van der Waals surface area contributed by atoms with Gasteiger partial charge in [-0.3, -0.25) is 4.79 Å². The summed E-state index contributed by atoms with van der Waals surface area (Å²) < 4.78 is 34.5. The number of hydrogen-bond donors (Lipinski definition) is 1. The number of ether oxygens (including phenoxy) is 2. The van der Waals surface area contributed by atoms with Crippen LogP contribution in [0, 0.1) is 0 Å². The van der Waals surface area contributed by atoms with Gasteiger partial charge in [0, 0.05) is 18.8 Å². The van der Waals surface area contributed by atoms with E-state index in [-0.39, 0.29) is 23.9 Å². The third-order valence-corrected chi connectivity index (χ3v) is 4.22. The van der Waals surface area contributed by atoms with Gasteiger partial charge >= 0.3 is 6.61 Å². The molecule has 2 aromatic carbocycles. The minimum Gasteiger partial charge on any atom is -0.435 e. The quantitative estimate of drug-likeness (QED) is 0.846. The van der Waals surface area contributed by atoms with Gasteiger partial charge in [-0.2, -0.15) is 8.78 Å². The van der Waals surface area contributed by atoms with Crippen LogP contribution < -0.4 is 10.1 Å². The van der Waals surface area contributed by atoms with Gasteiger partial charge in [-0.15, -0.1) is 0 Å². The Morgan fingerprint density at radius 3 is 2.37 bits per heavy atom. The van der Waals surface area contributed by atoms with Crippen molar-refractivity contribution in [1.29, 1.82) is 0 Å². The van der Waals surface area contributed by atoms with Crippen LogP contribution in [0.25, 0.3) is 0 Å². The number of carbonyl (C=O) groups excluding carboxylic acids is 1. The Balaban J connectivity index is 1.76. The van der Waals surface area contributed by atoms with Crippen molar-refractivity contribution in [3.05, 3.63) is 54.1 Å². The summed E-state index contributed by atoms with van der Waals surface area (Å²) in [7, 11) is 0. The summed E-state index contributed by atoms with van der Waals surface area (Å²) in [6, 6.07) is 13.4. The van der Waals surface area contributed by atoms with Gasteiger partial charge in [0.15, 0.2) is 0 Å². The second-order valence-corrected chi connectivity index (χ2v) is 6.54. The summed E-state index contributed by atoms with van der Waals surface area (Å²) in [6.45, 7) is 2.11. The highest BCUT2D eigenvalue weighted by atomic mass is 19.3. The van der Waals surface area contributed by atoms with Crippen molar-refractivity contribution in [1.82, 2.24) is 4.90 Å². The van der Waals surface area contributed by atoms with Gasteiger partial charge in [0.25, 0.3) is 5.91 Å². The van der Waals surface area contributed by atoms with Crippen LogP contribution in [0.4, 0.5) is 20.2 Å². The van der Waals surface area contributed by atoms with E-state index in [4.69, 9.17) is 4.74 Å². The third kappa shape index (κ3) is 4.95. The number of carbonyl (C=O) groups is 1. The average Bonchev–Trinajstić information content (AvgIpc) is 2.62. The van der Waals surface area contributed by atoms with E-state index in [9.17, 15) is 13.6 Å². The van der Waals surface area contributed by atoms with Gasteiger partial charge in [0.2, 0.25) is 0 Å². The van der Waals surface area contributed by atoms with E-state index in [2.05, 4.69) is 10.1 Å². The minimum absolute atomic E-state index is 0.0137. The van der Waals surface area contributed by atoms with E-state index in [1.54, 1.807) is 23.1 Å². The summed E-state index contributed by atoms with van der Waals surface area (Å²) in [5, 5.41) is 3.17. The molecule has 0 saturated carbocycles. The Morgan fingerprint density at radius 1 is 1.11 bits per heavy atom. The number of halogens is 2. The van der Waals surface area contributed by atoms with Crippen molar-refractivity contribution >= 4 is 17.3 Å². The molecular weight excluding hydrogens is 354 g/mol. The molecule has 5 nitrogen and oxygen atoms in total. The van der Waals surface area contributed by atoms with Gasteiger partial charge in [-0.1, -0.05) is 12.1 Å². The van der Waals surface area contributed by atoms with Crippen LogP contribution in [0.3, 0.4) is 0 Å². The van der Waals surface area contributed by atoms with Crippen LogP contribution >= 0.6 is 0 Å². The lowest BCUT2D eigenvalue weighted by Gasteiger charge is -2.35. The van der Waals surface area contributed by atoms with E-state index < -0.39 is 6.61 Å². The maximum Gasteiger partial charge on any atom is 0.387 e. The summed E-state index contributed by atoms with van der Waals surface area (Å²) >= 11 is 0. The molecule has 0 spiro atoms. The molecular formula is C20H22F2N2O3. The fraction of sp³-hybridized carbons (Fsp3) is 0.350. The first-order chi connectivity index (χ1) is 12.9. The Labute approximate surface area is 156 Å². The van der Waals surface area contributed by atoms with Gasteiger partial charge in [-0.25, -0.2) is 0 Å². The zero-order chi connectivity index (χ0) is 19.4. The Morgan fingerprint density at radius 2 is 1.74 bits per heavy atom. The lowest BCUT2D eigenvalue weighted by atomic mass is 10.1. The molecule has 144 valence electrons. The maximum absolute atomic E-state index is 13.0. The fourth-order valence-electron chi connectivity index (χ4n) is 3.17. The first-order valence-corrected chi connectivity index (χ1v) is 8.78. The van der Waals surface area contributed by atoms with E-state index >= 15 is 0 Å². The topological polar surface area (TPSA) is 50.8 Å². The zero-order valence-corrected chi connectivity index (χ0v) is 15.2. The highest BCUT2D eigenvalue weighted by molar-refractivity contribution is 6.00. The number of anilines is 2. The molecule has 2 aromatic rings. The molecule has 1 aliphatic heterocycles. The zero-order valence-electron chi connectivity index (χ0n) is 15.2. The Kier molecular flexibility index (Phi) is 5.91. The smallest absolute Gasteiger partial charge is 0.387 e. The van der Waals surface area contributed by atoms with Gasteiger partial charge in [-0.05, 0) is 50.2 Å². The van der Waals surface area contributed by atoms with Crippen molar-refractivity contribution < 1.29 is 23.0 Å². The standard InChI is InChI=1S/C20H22F2N2O3/c1-13-11-24(12-14(2)26-13)19(25)17-5-3-4-6-18(17)23-15-7-9-16(10-8-15)27-20(21)22/h3-10,13-14,20,23H,11-12H2,1-2H3/t13-,14-/m1/s1. The maximum atomic E-state index is 13.0. The molecule has 0 aliphatic carbocycles. The fourth-order valence-corrected chi connectivity index (χ4v) is 3.17. The van der Waals surface area contributed by atoms with Crippen LogP contribution in [0.5, 0.6) is 5.75 Å². The van der Waals surface area contributed by atoms with Crippen molar-refractivity contribution in [2.45, 2.75) is 32.7 Å². The summed E-state index contributed by atoms with van der Waals surface area (Å²) in [5.41, 5.74) is 1.86. The highest BCUT2D eigenvalue weighted by Gasteiger charge is 2.27. The number of alkyl halides is 2. The van der Waals surface area contributed by atoms with E-state index in [1.165, 1.54) is 12.1 Å². The van der Waals surface area contributed by atoms with Crippen LogP contribution in [-0.2, 0) is 4.74 Å². The van der Waals surface area contributed by atoms with Crippen LogP contribution in [0.1, 0.15) is 24.2 Å². The number of benzene rings is 2. The molecule has 0 radical (unpaired) electrons. The van der Waals surface area contributed by atoms with Crippen molar-refractivity contribution in [2.24, 2.45) is 0 Å². The van der Waals surface area contributed by atoms with Crippen molar-refractivity contribution in [2.75, 3.05) is 18.4 Å². The van der Waals surface area contributed by atoms with Crippen molar-refractivity contribution in [3.63, 3.8) is 0 Å². The monoisotopic (exact) mass is 376 g/mol. The molecule has 1 saturated heterocycles. The summed E-state index contributed by atoms with van der Waals surface area (Å²) in [5.74, 6) is 0.00829. The summed E-state index contributed by atoms with van der Waals surface area (Å²) in [4.78, 5) is 14.8. The first-order valence-electron chi connectivity index (χ1n) is 8.78. The Hall–Kier alpha value is -2.67. The second-order valence-electron chi connectivity index (χ2n) is 6.54. The largest absolute Gasteiger partial charge is 0.435 e. The lowest BCUT2D eigenvalue weighted by Crippen LogP contribution is -2.48. The molecule has 0 aromatic heterocycles. The molecule has 0 bridgehead atoms. The summed E-state index contributed by atoms with van der Waals surface area (Å²) in [6.07, 6.45) is -0.0274. The van der Waals surface area contributed by atoms with E-state index in [0.717, 1.165) is 0 Å². The molecule has 27 heavy (non-hydrogen) atoms. The number of amides is 1. The molecule has 1 aliphatic rings. The second kappa shape index (κ2) is 8.35. The number of hydrogen-bond acceptors (Lipinski definition) is 4. The molecule has 1 amide bonds. The predicted molar refractivity (Wildman–Crippen MR) is 98.7 cm³/mol. The highest BCUT2D eigenvalue weighted by Crippen LogP contribution is 2.25. The molecule has 1 heterocycles. The SMILES string of the molecule is C[C@@H]1CN(C(=O)c2ccccc2Nc2ccc(OC(F)F)cc2)C[C@@H](C)O1. The van der Waals surface area contributed by atoms with Crippen LogP contribution in [-0.4, -0.2) is 42.7 Å². The van der Waals surface area contributed by atoms with Crippen molar-refractivity contribution in [3.8, 4) is 5.75 Å². The molecule has 2 atom stereocenters. The first kappa shape index (κ1) is 19.1. The van der Waals surface area contributed by atoms with Gasteiger partial charge in [0.1, 0.15) is 5.75 Å². The number of para-hydroxylation sites is 1. The average molecular weight is 376 g/mol. The molecule has 7 heteroatoms.